The average molecular weight is 241 g/mol. The Morgan fingerprint density at radius 2 is 2.11 bits per heavy atom. The molecule has 0 bridgehead atoms. The molecule has 0 radical (unpaired) electrons. The monoisotopic (exact) mass is 241 g/mol. The maximum absolute atomic E-state index is 4.86. The van der Waals surface area contributed by atoms with E-state index in [9.17, 15) is 0 Å². The molecular weight excluding hydrogens is 226 g/mol. The molecule has 3 nitrogen and oxygen atoms in total. The van der Waals surface area contributed by atoms with Crippen LogP contribution in [0.1, 0.15) is 11.1 Å². The number of hydrogen-bond acceptors (Lipinski definition) is 3. The van der Waals surface area contributed by atoms with Crippen molar-refractivity contribution >= 4 is 6.08 Å². The SMILES string of the molecule is CO/C=C\C=Cc1cc(-c2cnoc2)ccc1C. The number of aromatic nitrogens is 1. The molecule has 1 heterocycles. The van der Waals surface area contributed by atoms with Crippen LogP contribution < -0.4 is 0 Å². The molecule has 0 aliphatic carbocycles. The summed E-state index contributed by atoms with van der Waals surface area (Å²) in [5, 5.41) is 3.72. The van der Waals surface area contributed by atoms with Gasteiger partial charge in [-0.05, 0) is 35.8 Å². The van der Waals surface area contributed by atoms with Gasteiger partial charge in [-0.3, -0.25) is 0 Å². The van der Waals surface area contributed by atoms with Crippen molar-refractivity contribution in [2.45, 2.75) is 6.92 Å². The summed E-state index contributed by atoms with van der Waals surface area (Å²) in [6, 6.07) is 6.26. The van der Waals surface area contributed by atoms with Gasteiger partial charge in [-0.15, -0.1) is 0 Å². The van der Waals surface area contributed by atoms with Crippen LogP contribution >= 0.6 is 0 Å². The second-order valence-electron chi connectivity index (χ2n) is 3.91. The van der Waals surface area contributed by atoms with Crippen molar-refractivity contribution in [2.24, 2.45) is 0 Å². The molecular formula is C15H15NO2. The van der Waals surface area contributed by atoms with E-state index in [1.165, 1.54) is 5.56 Å². The van der Waals surface area contributed by atoms with Crippen molar-refractivity contribution in [1.82, 2.24) is 5.16 Å². The van der Waals surface area contributed by atoms with Crippen LogP contribution in [0, 0.1) is 6.92 Å². The molecule has 0 N–H and O–H groups in total. The van der Waals surface area contributed by atoms with Crippen LogP contribution in [-0.2, 0) is 4.74 Å². The van der Waals surface area contributed by atoms with Gasteiger partial charge in [0.15, 0.2) is 0 Å². The van der Waals surface area contributed by atoms with Crippen LogP contribution in [-0.4, -0.2) is 12.3 Å². The van der Waals surface area contributed by atoms with Gasteiger partial charge in [0.05, 0.1) is 19.6 Å². The fourth-order valence-electron chi connectivity index (χ4n) is 1.63. The standard InChI is InChI=1S/C15H15NO2/c1-12-6-7-14(15-10-16-18-11-15)9-13(12)5-3-4-8-17-2/h3-11H,1-2H3/b5-3?,8-4-. The summed E-state index contributed by atoms with van der Waals surface area (Å²) in [6.07, 6.45) is 10.8. The maximum atomic E-state index is 4.86. The fraction of sp³-hybridized carbons (Fsp3) is 0.133. The van der Waals surface area contributed by atoms with Crippen molar-refractivity contribution in [2.75, 3.05) is 7.11 Å². The maximum Gasteiger partial charge on any atom is 0.131 e. The molecule has 2 rings (SSSR count). The Labute approximate surface area is 106 Å². The molecule has 0 atom stereocenters. The fourth-order valence-corrected chi connectivity index (χ4v) is 1.63. The summed E-state index contributed by atoms with van der Waals surface area (Å²) in [5.41, 5.74) is 4.46. The second-order valence-corrected chi connectivity index (χ2v) is 3.91. The number of nitrogens with zero attached hydrogens (tertiary/aromatic N) is 1. The molecule has 2 aromatic rings. The minimum Gasteiger partial charge on any atom is -0.504 e. The lowest BCUT2D eigenvalue weighted by atomic mass is 10.0. The van der Waals surface area contributed by atoms with Gasteiger partial charge in [-0.2, -0.15) is 0 Å². The first-order valence-corrected chi connectivity index (χ1v) is 5.67. The van der Waals surface area contributed by atoms with Gasteiger partial charge in [-0.1, -0.05) is 29.4 Å². The lowest BCUT2D eigenvalue weighted by molar-refractivity contribution is 0.338. The largest absolute Gasteiger partial charge is 0.504 e. The molecule has 0 amide bonds. The lowest BCUT2D eigenvalue weighted by Gasteiger charge is -2.03. The Bertz CT molecular complexity index is 554. The quantitative estimate of drug-likeness (QED) is 0.603. The molecule has 0 aliphatic heterocycles. The van der Waals surface area contributed by atoms with Crippen LogP contribution in [0.3, 0.4) is 0 Å². The first-order valence-electron chi connectivity index (χ1n) is 5.67. The predicted octanol–water partition coefficient (Wildman–Crippen LogP) is 3.82. The van der Waals surface area contributed by atoms with Crippen LogP contribution in [0.15, 0.2) is 53.6 Å². The van der Waals surface area contributed by atoms with E-state index in [0.717, 1.165) is 16.7 Å². The zero-order valence-electron chi connectivity index (χ0n) is 10.5. The van der Waals surface area contributed by atoms with Gasteiger partial charge in [0.25, 0.3) is 0 Å². The highest BCUT2D eigenvalue weighted by Gasteiger charge is 2.02. The number of hydrogen-bond donors (Lipinski definition) is 0. The van der Waals surface area contributed by atoms with Gasteiger partial charge in [-0.25, -0.2) is 0 Å². The predicted molar refractivity (Wildman–Crippen MR) is 71.9 cm³/mol. The highest BCUT2D eigenvalue weighted by Crippen LogP contribution is 2.22. The number of methoxy groups -OCH3 is 1. The van der Waals surface area contributed by atoms with E-state index < -0.39 is 0 Å². The van der Waals surface area contributed by atoms with Gasteiger partial charge in [0.1, 0.15) is 6.26 Å². The van der Waals surface area contributed by atoms with Crippen LogP contribution in [0.5, 0.6) is 0 Å². The summed E-state index contributed by atoms with van der Waals surface area (Å²) in [6.45, 7) is 2.08. The van der Waals surface area contributed by atoms with Gasteiger partial charge < -0.3 is 9.26 Å². The van der Waals surface area contributed by atoms with Crippen molar-refractivity contribution in [3.05, 3.63) is 60.2 Å². The van der Waals surface area contributed by atoms with Gasteiger partial charge >= 0.3 is 0 Å². The third-order valence-corrected chi connectivity index (χ3v) is 2.65. The van der Waals surface area contributed by atoms with E-state index in [0.29, 0.717) is 0 Å². The molecule has 0 spiro atoms. The highest BCUT2D eigenvalue weighted by atomic mass is 16.5. The summed E-state index contributed by atoms with van der Waals surface area (Å²) >= 11 is 0. The summed E-state index contributed by atoms with van der Waals surface area (Å²) < 4.78 is 9.70. The van der Waals surface area contributed by atoms with Crippen LogP contribution in [0.25, 0.3) is 17.2 Å². The molecule has 1 aromatic heterocycles. The molecule has 3 heteroatoms. The Hall–Kier alpha value is -2.29. The Morgan fingerprint density at radius 1 is 1.22 bits per heavy atom. The van der Waals surface area contributed by atoms with Gasteiger partial charge in [0.2, 0.25) is 0 Å². The van der Waals surface area contributed by atoms with Gasteiger partial charge in [0, 0.05) is 5.56 Å². The van der Waals surface area contributed by atoms with Crippen molar-refractivity contribution in [1.29, 1.82) is 0 Å². The molecule has 18 heavy (non-hydrogen) atoms. The smallest absolute Gasteiger partial charge is 0.131 e. The van der Waals surface area contributed by atoms with E-state index in [2.05, 4.69) is 30.3 Å². The number of rotatable bonds is 4. The van der Waals surface area contributed by atoms with Crippen molar-refractivity contribution < 1.29 is 9.26 Å². The van der Waals surface area contributed by atoms with Crippen LogP contribution in [0.4, 0.5) is 0 Å². The third-order valence-electron chi connectivity index (χ3n) is 2.65. The zero-order chi connectivity index (χ0) is 12.8. The molecule has 1 aromatic carbocycles. The molecule has 0 unspecified atom stereocenters. The summed E-state index contributed by atoms with van der Waals surface area (Å²) in [4.78, 5) is 0. The van der Waals surface area contributed by atoms with Crippen LogP contribution in [0.2, 0.25) is 0 Å². The minimum absolute atomic E-state index is 0.983. The van der Waals surface area contributed by atoms with Crippen molar-refractivity contribution in [3.8, 4) is 11.1 Å². The van der Waals surface area contributed by atoms with E-state index in [1.54, 1.807) is 25.8 Å². The number of allylic oxidation sites excluding steroid dienone is 2. The number of aryl methyl sites for hydroxylation is 1. The third kappa shape index (κ3) is 2.88. The Balaban J connectivity index is 2.27. The normalized spacial score (nSPS) is 11.4. The molecule has 92 valence electrons. The number of benzene rings is 1. The van der Waals surface area contributed by atoms with E-state index in [1.807, 2.05) is 18.2 Å². The Morgan fingerprint density at radius 3 is 2.83 bits per heavy atom. The first-order chi connectivity index (χ1) is 8.81. The zero-order valence-corrected chi connectivity index (χ0v) is 10.5. The minimum atomic E-state index is 0.983. The molecule has 0 saturated carbocycles. The molecule has 0 aliphatic rings. The average Bonchev–Trinajstić information content (AvgIpc) is 2.90. The topological polar surface area (TPSA) is 35.3 Å². The Kier molecular flexibility index (Phi) is 3.97. The summed E-state index contributed by atoms with van der Waals surface area (Å²) in [7, 11) is 1.63. The molecule has 0 fully saturated rings. The molecule has 0 saturated heterocycles. The lowest BCUT2D eigenvalue weighted by Crippen LogP contribution is -1.82. The van der Waals surface area contributed by atoms with Crippen molar-refractivity contribution in [3.63, 3.8) is 0 Å². The first kappa shape index (κ1) is 12.2. The van der Waals surface area contributed by atoms with E-state index in [-0.39, 0.29) is 0 Å². The second kappa shape index (κ2) is 5.87. The van der Waals surface area contributed by atoms with E-state index >= 15 is 0 Å². The van der Waals surface area contributed by atoms with E-state index in [4.69, 9.17) is 9.26 Å². The summed E-state index contributed by atoms with van der Waals surface area (Å²) in [5.74, 6) is 0. The highest BCUT2D eigenvalue weighted by molar-refractivity contribution is 5.68. The number of ether oxygens (including phenoxy) is 1.